The summed E-state index contributed by atoms with van der Waals surface area (Å²) in [7, 11) is 1.67. The lowest BCUT2D eigenvalue weighted by molar-refractivity contribution is 0.0298. The van der Waals surface area contributed by atoms with Crippen LogP contribution in [0.4, 0.5) is 6.01 Å². The van der Waals surface area contributed by atoms with Crippen molar-refractivity contribution >= 4 is 6.01 Å². The second kappa shape index (κ2) is 7.56. The van der Waals surface area contributed by atoms with E-state index in [1.165, 1.54) is 0 Å². The maximum absolute atomic E-state index is 5.53. The molecule has 1 aliphatic heterocycles. The second-order valence-electron chi connectivity index (χ2n) is 5.45. The van der Waals surface area contributed by atoms with Gasteiger partial charge in [0.15, 0.2) is 0 Å². The summed E-state index contributed by atoms with van der Waals surface area (Å²) in [5.41, 5.74) is 0.240. The lowest BCUT2D eigenvalue weighted by atomic mass is 9.82. The number of rotatable bonds is 8. The highest BCUT2D eigenvalue weighted by molar-refractivity contribution is 5.17. The first-order valence-electron chi connectivity index (χ1n) is 7.05. The Morgan fingerprint density at radius 3 is 2.85 bits per heavy atom. The first-order chi connectivity index (χ1) is 9.72. The molecule has 0 bridgehead atoms. The summed E-state index contributed by atoms with van der Waals surface area (Å²) in [4.78, 5) is 0. The molecule has 2 N–H and O–H groups in total. The lowest BCUT2D eigenvalue weighted by Crippen LogP contribution is -2.33. The maximum atomic E-state index is 5.53. The van der Waals surface area contributed by atoms with E-state index in [2.05, 4.69) is 27.8 Å². The first kappa shape index (κ1) is 15.2. The molecular formula is C13H24N4O3. The molecule has 0 aromatic carbocycles. The average Bonchev–Trinajstić information content (AvgIpc) is 2.91. The molecule has 1 aromatic rings. The van der Waals surface area contributed by atoms with Gasteiger partial charge in [-0.3, -0.25) is 0 Å². The van der Waals surface area contributed by atoms with Gasteiger partial charge >= 0.3 is 6.01 Å². The molecule has 114 valence electrons. The van der Waals surface area contributed by atoms with E-state index in [0.29, 0.717) is 25.1 Å². The summed E-state index contributed by atoms with van der Waals surface area (Å²) in [6.45, 7) is 6.73. The van der Waals surface area contributed by atoms with Gasteiger partial charge in [0.25, 0.3) is 0 Å². The van der Waals surface area contributed by atoms with Gasteiger partial charge in [-0.1, -0.05) is 12.0 Å². The predicted octanol–water partition coefficient (Wildman–Crippen LogP) is 1.03. The van der Waals surface area contributed by atoms with Crippen molar-refractivity contribution < 1.29 is 13.9 Å². The van der Waals surface area contributed by atoms with Crippen molar-refractivity contribution in [1.29, 1.82) is 0 Å². The van der Waals surface area contributed by atoms with Crippen molar-refractivity contribution in [2.24, 2.45) is 5.41 Å². The molecule has 0 aliphatic carbocycles. The summed E-state index contributed by atoms with van der Waals surface area (Å²) >= 11 is 0. The number of hydrogen-bond acceptors (Lipinski definition) is 7. The molecule has 1 aliphatic rings. The Hall–Kier alpha value is -1.18. The number of ether oxygens (including phenoxy) is 2. The lowest BCUT2D eigenvalue weighted by Gasteiger charge is -2.33. The van der Waals surface area contributed by atoms with Crippen LogP contribution in [0.2, 0.25) is 0 Å². The van der Waals surface area contributed by atoms with Crippen LogP contribution in [0.1, 0.15) is 25.7 Å². The Morgan fingerprint density at radius 2 is 2.10 bits per heavy atom. The fourth-order valence-corrected chi connectivity index (χ4v) is 2.10. The largest absolute Gasteiger partial charge is 0.407 e. The van der Waals surface area contributed by atoms with Gasteiger partial charge in [0, 0.05) is 33.4 Å². The highest BCUT2D eigenvalue weighted by Gasteiger charge is 2.27. The summed E-state index contributed by atoms with van der Waals surface area (Å²) in [5, 5.41) is 14.4. The normalized spacial score (nSPS) is 18.1. The zero-order valence-corrected chi connectivity index (χ0v) is 12.3. The van der Waals surface area contributed by atoms with Gasteiger partial charge in [-0.15, -0.1) is 5.10 Å². The topological polar surface area (TPSA) is 81.4 Å². The summed E-state index contributed by atoms with van der Waals surface area (Å²) in [5.74, 6) is 0.584. The fraction of sp³-hybridized carbons (Fsp3) is 0.846. The minimum Gasteiger partial charge on any atom is -0.407 e. The van der Waals surface area contributed by atoms with Crippen molar-refractivity contribution in [1.82, 2.24) is 15.5 Å². The number of aromatic nitrogens is 2. The molecule has 1 fully saturated rings. The maximum Gasteiger partial charge on any atom is 0.315 e. The summed E-state index contributed by atoms with van der Waals surface area (Å²) in [6, 6.07) is 0.487. The van der Waals surface area contributed by atoms with Gasteiger partial charge in [-0.2, -0.15) is 0 Å². The van der Waals surface area contributed by atoms with E-state index < -0.39 is 0 Å². The predicted molar refractivity (Wildman–Crippen MR) is 74.5 cm³/mol. The van der Waals surface area contributed by atoms with Crippen LogP contribution in [0.5, 0.6) is 0 Å². The van der Waals surface area contributed by atoms with Crippen LogP contribution in [0.3, 0.4) is 0 Å². The van der Waals surface area contributed by atoms with E-state index in [0.717, 1.165) is 39.1 Å². The van der Waals surface area contributed by atoms with E-state index in [9.17, 15) is 0 Å². The van der Waals surface area contributed by atoms with Gasteiger partial charge in [0.2, 0.25) is 5.89 Å². The van der Waals surface area contributed by atoms with Crippen LogP contribution in [-0.2, 0) is 16.0 Å². The SMILES string of the molecule is COCCNCc1nnc(NCC2(C)CCOCC2)o1. The number of nitrogens with one attached hydrogen (secondary N) is 2. The van der Waals surface area contributed by atoms with Crippen LogP contribution in [0, 0.1) is 5.41 Å². The number of hydrogen-bond donors (Lipinski definition) is 2. The molecule has 1 saturated heterocycles. The first-order valence-corrected chi connectivity index (χ1v) is 7.05. The Labute approximate surface area is 119 Å². The molecule has 20 heavy (non-hydrogen) atoms. The van der Waals surface area contributed by atoms with Crippen molar-refractivity contribution in [2.75, 3.05) is 45.3 Å². The highest BCUT2D eigenvalue weighted by Crippen LogP contribution is 2.29. The summed E-state index contributed by atoms with van der Waals surface area (Å²) in [6.07, 6.45) is 2.11. The molecule has 0 spiro atoms. The molecule has 2 heterocycles. The van der Waals surface area contributed by atoms with Crippen LogP contribution in [0.25, 0.3) is 0 Å². The third-order valence-corrected chi connectivity index (χ3v) is 3.59. The van der Waals surface area contributed by atoms with Crippen LogP contribution >= 0.6 is 0 Å². The van der Waals surface area contributed by atoms with Gasteiger partial charge in [0.1, 0.15) is 0 Å². The molecule has 1 aromatic heterocycles. The minimum absolute atomic E-state index is 0.240. The van der Waals surface area contributed by atoms with Crippen molar-refractivity contribution in [3.63, 3.8) is 0 Å². The summed E-state index contributed by atoms with van der Waals surface area (Å²) < 4.78 is 15.9. The van der Waals surface area contributed by atoms with E-state index in [4.69, 9.17) is 13.9 Å². The molecule has 7 nitrogen and oxygen atoms in total. The molecule has 0 amide bonds. The third-order valence-electron chi connectivity index (χ3n) is 3.59. The minimum atomic E-state index is 0.240. The third kappa shape index (κ3) is 4.73. The standard InChI is InChI=1S/C13H24N4O3/c1-13(3-6-19-7-4-13)10-15-12-17-16-11(20-12)9-14-5-8-18-2/h14H,3-10H2,1-2H3,(H,15,17). The van der Waals surface area contributed by atoms with Gasteiger partial charge < -0.3 is 24.5 Å². The Bertz CT molecular complexity index is 391. The zero-order chi connectivity index (χ0) is 14.3. The van der Waals surface area contributed by atoms with Crippen molar-refractivity contribution in [2.45, 2.75) is 26.3 Å². The average molecular weight is 284 g/mol. The molecule has 0 unspecified atom stereocenters. The van der Waals surface area contributed by atoms with Crippen LogP contribution in [0.15, 0.2) is 4.42 Å². The zero-order valence-electron chi connectivity index (χ0n) is 12.3. The molecular weight excluding hydrogens is 260 g/mol. The van der Waals surface area contributed by atoms with Gasteiger partial charge in [-0.05, 0) is 18.3 Å². The Balaban J connectivity index is 1.72. The van der Waals surface area contributed by atoms with E-state index in [-0.39, 0.29) is 5.41 Å². The van der Waals surface area contributed by atoms with Gasteiger partial charge in [-0.25, -0.2) is 0 Å². The molecule has 0 saturated carbocycles. The Kier molecular flexibility index (Phi) is 5.75. The van der Waals surface area contributed by atoms with Gasteiger partial charge in [0.05, 0.1) is 13.2 Å². The van der Waals surface area contributed by atoms with Crippen LogP contribution < -0.4 is 10.6 Å². The van der Waals surface area contributed by atoms with Crippen molar-refractivity contribution in [3.05, 3.63) is 5.89 Å². The molecule has 7 heteroatoms. The molecule has 0 atom stereocenters. The smallest absolute Gasteiger partial charge is 0.315 e. The van der Waals surface area contributed by atoms with E-state index in [1.54, 1.807) is 7.11 Å². The molecule has 0 radical (unpaired) electrons. The Morgan fingerprint density at radius 1 is 1.30 bits per heavy atom. The number of methoxy groups -OCH3 is 1. The second-order valence-corrected chi connectivity index (χ2v) is 5.45. The fourth-order valence-electron chi connectivity index (χ4n) is 2.10. The number of nitrogens with zero attached hydrogens (tertiary/aromatic N) is 2. The highest BCUT2D eigenvalue weighted by atomic mass is 16.5. The monoisotopic (exact) mass is 284 g/mol. The number of anilines is 1. The van der Waals surface area contributed by atoms with E-state index in [1.807, 2.05) is 0 Å². The quantitative estimate of drug-likeness (QED) is 0.690. The van der Waals surface area contributed by atoms with Crippen molar-refractivity contribution in [3.8, 4) is 0 Å². The van der Waals surface area contributed by atoms with E-state index >= 15 is 0 Å². The molecule has 2 rings (SSSR count). The van der Waals surface area contributed by atoms with Crippen LogP contribution in [-0.4, -0.2) is 50.2 Å².